The zero-order valence-electron chi connectivity index (χ0n) is 10.2. The van der Waals surface area contributed by atoms with Gasteiger partial charge in [-0.3, -0.25) is 0 Å². The van der Waals surface area contributed by atoms with E-state index in [1.54, 1.807) is 7.11 Å². The first kappa shape index (κ1) is 13.3. The van der Waals surface area contributed by atoms with Crippen molar-refractivity contribution in [3.8, 4) is 5.88 Å². The fraction of sp³-hybridized carbons (Fsp3) is 0.583. The quantitative estimate of drug-likeness (QED) is 0.792. The van der Waals surface area contributed by atoms with E-state index in [0.717, 1.165) is 13.1 Å². The minimum absolute atomic E-state index is 0.666. The summed E-state index contributed by atoms with van der Waals surface area (Å²) in [6, 6.07) is 3.93. The number of ether oxygens (including phenoxy) is 1. The van der Waals surface area contributed by atoms with Gasteiger partial charge < -0.3 is 10.1 Å². The lowest BCUT2D eigenvalue weighted by Gasteiger charge is -2.11. The van der Waals surface area contributed by atoms with Gasteiger partial charge in [-0.1, -0.05) is 13.0 Å². The summed E-state index contributed by atoms with van der Waals surface area (Å²) in [5.41, 5.74) is 1.19. The maximum atomic E-state index is 5.01. The Bertz CT molecular complexity index is 290. The van der Waals surface area contributed by atoms with Crippen LogP contribution in [0.15, 0.2) is 18.3 Å². The van der Waals surface area contributed by atoms with Gasteiger partial charge in [0.15, 0.2) is 0 Å². The van der Waals surface area contributed by atoms with Crippen LogP contribution in [0.5, 0.6) is 5.88 Å². The smallest absolute Gasteiger partial charge is 0.212 e. The second-order valence-electron chi connectivity index (χ2n) is 3.90. The number of nitrogens with zero attached hydrogens (tertiary/aromatic N) is 1. The molecule has 4 heteroatoms. The predicted octanol–water partition coefficient (Wildman–Crippen LogP) is 2.18. The summed E-state index contributed by atoms with van der Waals surface area (Å²) >= 11 is 1.89. The lowest BCUT2D eigenvalue weighted by atomic mass is 10.2. The van der Waals surface area contributed by atoms with Crippen molar-refractivity contribution >= 4 is 11.8 Å². The Morgan fingerprint density at radius 2 is 2.31 bits per heavy atom. The molecule has 0 aliphatic heterocycles. The number of rotatable bonds is 7. The van der Waals surface area contributed by atoms with Crippen LogP contribution in [-0.4, -0.2) is 30.6 Å². The minimum Gasteiger partial charge on any atom is -0.481 e. The van der Waals surface area contributed by atoms with Crippen LogP contribution in [0.25, 0.3) is 0 Å². The lowest BCUT2D eigenvalue weighted by Crippen LogP contribution is -2.22. The summed E-state index contributed by atoms with van der Waals surface area (Å²) in [4.78, 5) is 4.16. The first-order chi connectivity index (χ1) is 7.76. The van der Waals surface area contributed by atoms with Gasteiger partial charge in [0.25, 0.3) is 0 Å². The number of methoxy groups -OCH3 is 1. The van der Waals surface area contributed by atoms with Crippen molar-refractivity contribution < 1.29 is 4.74 Å². The summed E-state index contributed by atoms with van der Waals surface area (Å²) in [5, 5.41) is 3.43. The van der Waals surface area contributed by atoms with Crippen LogP contribution in [0.1, 0.15) is 12.5 Å². The number of pyridine rings is 1. The monoisotopic (exact) mass is 240 g/mol. The molecule has 90 valence electrons. The molecule has 0 aliphatic carbocycles. The number of hydrogen-bond acceptors (Lipinski definition) is 4. The Morgan fingerprint density at radius 3 is 2.88 bits per heavy atom. The van der Waals surface area contributed by atoms with E-state index in [1.165, 1.54) is 11.3 Å². The molecular formula is C12H20N2OS. The summed E-state index contributed by atoms with van der Waals surface area (Å²) in [7, 11) is 1.63. The van der Waals surface area contributed by atoms with E-state index in [9.17, 15) is 0 Å². The van der Waals surface area contributed by atoms with E-state index in [2.05, 4.69) is 23.5 Å². The van der Waals surface area contributed by atoms with Gasteiger partial charge in [0.2, 0.25) is 5.88 Å². The minimum atomic E-state index is 0.666. The van der Waals surface area contributed by atoms with E-state index in [0.29, 0.717) is 11.8 Å². The second-order valence-corrected chi connectivity index (χ2v) is 4.81. The fourth-order valence-electron chi connectivity index (χ4n) is 1.44. The third kappa shape index (κ3) is 4.86. The molecule has 1 N–H and O–H groups in total. The number of nitrogens with one attached hydrogen (secondary N) is 1. The number of thioether (sulfide) groups is 1. The average molecular weight is 240 g/mol. The van der Waals surface area contributed by atoms with E-state index < -0.39 is 0 Å². The summed E-state index contributed by atoms with van der Waals surface area (Å²) in [5.74, 6) is 2.58. The summed E-state index contributed by atoms with van der Waals surface area (Å²) < 4.78 is 5.01. The van der Waals surface area contributed by atoms with Gasteiger partial charge in [-0.05, 0) is 30.0 Å². The molecule has 1 rings (SSSR count). The highest BCUT2D eigenvalue weighted by molar-refractivity contribution is 7.98. The van der Waals surface area contributed by atoms with Crippen molar-refractivity contribution in [3.63, 3.8) is 0 Å². The standard InChI is InChI=1S/C12H20N2OS/c1-10(9-16-3)6-13-7-11-4-5-12(15-2)14-8-11/h4-5,8,10,13H,6-7,9H2,1-3H3. The molecule has 0 spiro atoms. The Morgan fingerprint density at radius 1 is 1.50 bits per heavy atom. The fourth-order valence-corrected chi connectivity index (χ4v) is 2.13. The van der Waals surface area contributed by atoms with E-state index in [-0.39, 0.29) is 0 Å². The largest absolute Gasteiger partial charge is 0.481 e. The van der Waals surface area contributed by atoms with Crippen LogP contribution in [0.3, 0.4) is 0 Å². The highest BCUT2D eigenvalue weighted by atomic mass is 32.2. The molecule has 16 heavy (non-hydrogen) atoms. The molecule has 1 atom stereocenters. The first-order valence-electron chi connectivity index (χ1n) is 5.44. The van der Waals surface area contributed by atoms with Crippen molar-refractivity contribution in [1.82, 2.24) is 10.3 Å². The number of aromatic nitrogens is 1. The molecule has 1 aromatic rings. The number of hydrogen-bond donors (Lipinski definition) is 1. The van der Waals surface area contributed by atoms with Crippen LogP contribution in [0.4, 0.5) is 0 Å². The van der Waals surface area contributed by atoms with E-state index in [4.69, 9.17) is 4.74 Å². The molecule has 1 unspecified atom stereocenters. The van der Waals surface area contributed by atoms with Gasteiger partial charge in [0, 0.05) is 18.8 Å². The van der Waals surface area contributed by atoms with Gasteiger partial charge in [-0.15, -0.1) is 0 Å². The van der Waals surface area contributed by atoms with Crippen molar-refractivity contribution in [2.75, 3.05) is 25.7 Å². The molecule has 0 fully saturated rings. The first-order valence-corrected chi connectivity index (χ1v) is 6.84. The highest BCUT2D eigenvalue weighted by Crippen LogP contribution is 2.07. The maximum absolute atomic E-state index is 5.01. The Labute approximate surface area is 102 Å². The van der Waals surface area contributed by atoms with Crippen LogP contribution in [-0.2, 0) is 6.54 Å². The molecule has 1 heterocycles. The lowest BCUT2D eigenvalue weighted by molar-refractivity contribution is 0.397. The zero-order chi connectivity index (χ0) is 11.8. The Kier molecular flexibility index (Phi) is 6.26. The summed E-state index contributed by atoms with van der Waals surface area (Å²) in [6.07, 6.45) is 4.00. The Balaban J connectivity index is 2.26. The molecule has 0 saturated heterocycles. The van der Waals surface area contributed by atoms with Crippen LogP contribution >= 0.6 is 11.8 Å². The maximum Gasteiger partial charge on any atom is 0.212 e. The molecule has 3 nitrogen and oxygen atoms in total. The van der Waals surface area contributed by atoms with Crippen molar-refractivity contribution in [3.05, 3.63) is 23.9 Å². The van der Waals surface area contributed by atoms with E-state index in [1.807, 2.05) is 30.1 Å². The van der Waals surface area contributed by atoms with Gasteiger partial charge in [-0.2, -0.15) is 11.8 Å². The SMILES string of the molecule is COc1ccc(CNCC(C)CSC)cn1. The van der Waals surface area contributed by atoms with Crippen LogP contribution in [0.2, 0.25) is 0 Å². The molecule has 0 bridgehead atoms. The average Bonchev–Trinajstić information content (AvgIpc) is 2.30. The molecule has 0 saturated carbocycles. The normalized spacial score (nSPS) is 12.4. The highest BCUT2D eigenvalue weighted by Gasteiger charge is 2.00. The van der Waals surface area contributed by atoms with Gasteiger partial charge in [0.05, 0.1) is 7.11 Å². The summed E-state index contributed by atoms with van der Waals surface area (Å²) in [6.45, 7) is 4.18. The third-order valence-electron chi connectivity index (χ3n) is 2.28. The zero-order valence-corrected chi connectivity index (χ0v) is 11.0. The van der Waals surface area contributed by atoms with Crippen LogP contribution in [0, 0.1) is 5.92 Å². The third-order valence-corrected chi connectivity index (χ3v) is 3.18. The predicted molar refractivity (Wildman–Crippen MR) is 70.0 cm³/mol. The molecule has 0 radical (unpaired) electrons. The molecule has 1 aromatic heterocycles. The molecule has 0 aromatic carbocycles. The van der Waals surface area contributed by atoms with Crippen molar-refractivity contribution in [2.24, 2.45) is 5.92 Å². The van der Waals surface area contributed by atoms with Crippen molar-refractivity contribution in [2.45, 2.75) is 13.5 Å². The molecule has 0 aliphatic rings. The van der Waals surface area contributed by atoms with Crippen LogP contribution < -0.4 is 10.1 Å². The van der Waals surface area contributed by atoms with Gasteiger partial charge >= 0.3 is 0 Å². The van der Waals surface area contributed by atoms with Crippen molar-refractivity contribution in [1.29, 1.82) is 0 Å². The second kappa shape index (κ2) is 7.52. The molecular weight excluding hydrogens is 220 g/mol. The topological polar surface area (TPSA) is 34.1 Å². The van der Waals surface area contributed by atoms with Gasteiger partial charge in [-0.25, -0.2) is 4.98 Å². The molecule has 0 amide bonds. The van der Waals surface area contributed by atoms with Gasteiger partial charge in [0.1, 0.15) is 0 Å². The van der Waals surface area contributed by atoms with E-state index >= 15 is 0 Å². The Hall–Kier alpha value is -0.740.